The smallest absolute Gasteiger partial charge is 0.252 e. The van der Waals surface area contributed by atoms with Crippen LogP contribution in [0.5, 0.6) is 0 Å². The van der Waals surface area contributed by atoms with Crippen LogP contribution < -0.4 is 10.6 Å². The average molecular weight is 374 g/mol. The van der Waals surface area contributed by atoms with Gasteiger partial charge in [0.2, 0.25) is 5.91 Å². The molecule has 1 fully saturated rings. The van der Waals surface area contributed by atoms with Crippen molar-refractivity contribution in [3.8, 4) is 0 Å². The summed E-state index contributed by atoms with van der Waals surface area (Å²) in [6.45, 7) is 6.59. The lowest BCUT2D eigenvalue weighted by atomic mass is 9.87. The van der Waals surface area contributed by atoms with Crippen molar-refractivity contribution >= 4 is 11.8 Å². The van der Waals surface area contributed by atoms with Crippen molar-refractivity contribution in [2.24, 2.45) is 5.41 Å². The van der Waals surface area contributed by atoms with Crippen molar-refractivity contribution in [1.82, 2.24) is 10.6 Å². The first-order chi connectivity index (χ1) is 12.1. The molecule has 0 aliphatic carbocycles. The lowest BCUT2D eigenvalue weighted by molar-refractivity contribution is -0.153. The Morgan fingerprint density at radius 2 is 1.92 bits per heavy atom. The van der Waals surface area contributed by atoms with Gasteiger partial charge in [0.25, 0.3) is 5.91 Å². The summed E-state index contributed by atoms with van der Waals surface area (Å²) in [6, 6.07) is -0.696. The molecule has 1 rings (SSSR count). The molecule has 8 heteroatoms. The van der Waals surface area contributed by atoms with Crippen LogP contribution in [0, 0.1) is 5.41 Å². The van der Waals surface area contributed by atoms with E-state index in [1.165, 1.54) is 7.11 Å². The van der Waals surface area contributed by atoms with E-state index in [-0.39, 0.29) is 17.7 Å². The average Bonchev–Trinajstić information content (AvgIpc) is 2.76. The Labute approximate surface area is 155 Å². The molecule has 0 aromatic heterocycles. The van der Waals surface area contributed by atoms with Gasteiger partial charge in [-0.25, -0.2) is 0 Å². The summed E-state index contributed by atoms with van der Waals surface area (Å²) in [6.07, 6.45) is -2.65. The summed E-state index contributed by atoms with van der Waals surface area (Å²) in [5.74, 6) is -0.963. The van der Waals surface area contributed by atoms with Gasteiger partial charge in [-0.1, -0.05) is 20.8 Å². The summed E-state index contributed by atoms with van der Waals surface area (Å²) >= 11 is 0. The zero-order valence-corrected chi connectivity index (χ0v) is 16.2. The maximum absolute atomic E-state index is 12.4. The van der Waals surface area contributed by atoms with Crippen LogP contribution in [0.3, 0.4) is 0 Å². The number of hydrogen-bond acceptors (Lipinski definition) is 6. The molecule has 8 nitrogen and oxygen atoms in total. The van der Waals surface area contributed by atoms with E-state index in [4.69, 9.17) is 4.74 Å². The number of nitrogens with one attached hydrogen (secondary N) is 2. The molecule has 5 atom stereocenters. The lowest BCUT2D eigenvalue weighted by Crippen LogP contribution is -2.55. The number of aliphatic hydroxyl groups excluding tert-OH is 3. The molecule has 0 aromatic rings. The Bertz CT molecular complexity index is 465. The summed E-state index contributed by atoms with van der Waals surface area (Å²) < 4.78 is 5.03. The zero-order valence-electron chi connectivity index (χ0n) is 16.2. The van der Waals surface area contributed by atoms with Crippen LogP contribution in [0.1, 0.15) is 52.9 Å². The molecule has 1 heterocycles. The molecule has 0 unspecified atom stereocenters. The van der Waals surface area contributed by atoms with Gasteiger partial charge in [0.05, 0.1) is 6.10 Å². The number of rotatable bonds is 8. The molecule has 1 aliphatic rings. The van der Waals surface area contributed by atoms with Crippen molar-refractivity contribution in [2.45, 2.75) is 83.3 Å². The van der Waals surface area contributed by atoms with E-state index >= 15 is 0 Å². The molecule has 1 saturated heterocycles. The third kappa shape index (κ3) is 7.19. The van der Waals surface area contributed by atoms with E-state index in [9.17, 15) is 24.9 Å². The predicted octanol–water partition coefficient (Wildman–Crippen LogP) is -0.305. The summed E-state index contributed by atoms with van der Waals surface area (Å²) in [5, 5.41) is 35.9. The molecule has 0 spiro atoms. The van der Waals surface area contributed by atoms with Crippen LogP contribution in [0.2, 0.25) is 0 Å². The first-order valence-electron chi connectivity index (χ1n) is 9.22. The van der Waals surface area contributed by atoms with E-state index in [1.807, 2.05) is 20.8 Å². The second-order valence-corrected chi connectivity index (χ2v) is 8.15. The third-order valence-electron chi connectivity index (χ3n) is 4.61. The van der Waals surface area contributed by atoms with E-state index in [1.54, 1.807) is 0 Å². The van der Waals surface area contributed by atoms with Gasteiger partial charge < -0.3 is 30.7 Å². The summed E-state index contributed by atoms with van der Waals surface area (Å²) in [5.41, 5.74) is -0.0312. The van der Waals surface area contributed by atoms with E-state index < -0.39 is 36.4 Å². The maximum Gasteiger partial charge on any atom is 0.252 e. The molecule has 26 heavy (non-hydrogen) atoms. The Kier molecular flexibility index (Phi) is 8.95. The van der Waals surface area contributed by atoms with Gasteiger partial charge >= 0.3 is 0 Å². The fraction of sp³-hybridized carbons (Fsp3) is 0.889. The predicted molar refractivity (Wildman–Crippen MR) is 96.3 cm³/mol. The lowest BCUT2D eigenvalue weighted by Gasteiger charge is -2.30. The van der Waals surface area contributed by atoms with E-state index in [0.29, 0.717) is 19.4 Å². The van der Waals surface area contributed by atoms with Crippen molar-refractivity contribution in [3.05, 3.63) is 0 Å². The number of amides is 2. The molecular weight excluding hydrogens is 340 g/mol. The van der Waals surface area contributed by atoms with Crippen LogP contribution in [0.25, 0.3) is 0 Å². The van der Waals surface area contributed by atoms with Crippen LogP contribution in [0.15, 0.2) is 0 Å². The molecule has 2 amide bonds. The molecule has 5 N–H and O–H groups in total. The normalized spacial score (nSPS) is 23.3. The van der Waals surface area contributed by atoms with Gasteiger partial charge in [-0.05, 0) is 37.5 Å². The molecule has 0 radical (unpaired) electrons. The Hall–Kier alpha value is -1.22. The Morgan fingerprint density at radius 1 is 1.27 bits per heavy atom. The van der Waals surface area contributed by atoms with Crippen LogP contribution >= 0.6 is 0 Å². The minimum absolute atomic E-state index is 0.0312. The third-order valence-corrected chi connectivity index (χ3v) is 4.61. The van der Waals surface area contributed by atoms with Gasteiger partial charge in [-0.2, -0.15) is 0 Å². The van der Waals surface area contributed by atoms with Gasteiger partial charge in [0, 0.05) is 13.7 Å². The van der Waals surface area contributed by atoms with Crippen molar-refractivity contribution in [1.29, 1.82) is 0 Å². The second-order valence-electron chi connectivity index (χ2n) is 8.15. The molecule has 1 aliphatic heterocycles. The Balaban J connectivity index is 2.66. The highest BCUT2D eigenvalue weighted by atomic mass is 16.5. The minimum atomic E-state index is -1.61. The van der Waals surface area contributed by atoms with Crippen LogP contribution in [-0.2, 0) is 14.3 Å². The molecule has 0 saturated carbocycles. The van der Waals surface area contributed by atoms with Crippen LogP contribution in [-0.4, -0.2) is 71.2 Å². The number of aliphatic hydroxyl groups is 3. The largest absolute Gasteiger partial charge is 0.390 e. The maximum atomic E-state index is 12.4. The van der Waals surface area contributed by atoms with Gasteiger partial charge in [0.1, 0.15) is 18.2 Å². The van der Waals surface area contributed by atoms with Crippen molar-refractivity contribution in [2.75, 3.05) is 13.7 Å². The number of methoxy groups -OCH3 is 1. The quantitative estimate of drug-likeness (QED) is 0.397. The second kappa shape index (κ2) is 10.2. The standard InChI is InChI=1S/C18H34N2O6/c1-18(2,3)9-8-12(21)13(22)14(23)15(26-4)17(25)20-11-7-5-6-10-19-16(11)24/h11-15,21-23H,5-10H2,1-4H3,(H,19,24)(H,20,25)/t11-,12+,13-,14+,15+/m0/s1. The fourth-order valence-electron chi connectivity index (χ4n) is 2.89. The number of hydrogen-bond donors (Lipinski definition) is 5. The van der Waals surface area contributed by atoms with Crippen LogP contribution in [0.4, 0.5) is 0 Å². The highest BCUT2D eigenvalue weighted by molar-refractivity contribution is 5.89. The number of carbonyl (C=O) groups is 2. The minimum Gasteiger partial charge on any atom is -0.390 e. The molecule has 0 bridgehead atoms. The fourth-order valence-corrected chi connectivity index (χ4v) is 2.89. The summed E-state index contributed by atoms with van der Waals surface area (Å²) in [4.78, 5) is 24.4. The van der Waals surface area contributed by atoms with Gasteiger partial charge in [-0.3, -0.25) is 9.59 Å². The first kappa shape index (κ1) is 22.8. The summed E-state index contributed by atoms with van der Waals surface area (Å²) in [7, 11) is 1.23. The van der Waals surface area contributed by atoms with E-state index in [2.05, 4.69) is 10.6 Å². The first-order valence-corrected chi connectivity index (χ1v) is 9.22. The van der Waals surface area contributed by atoms with E-state index in [0.717, 1.165) is 12.8 Å². The Morgan fingerprint density at radius 3 is 2.50 bits per heavy atom. The number of ether oxygens (including phenoxy) is 1. The van der Waals surface area contributed by atoms with Crippen molar-refractivity contribution < 1.29 is 29.6 Å². The molecule has 0 aromatic carbocycles. The number of carbonyl (C=O) groups excluding carboxylic acids is 2. The van der Waals surface area contributed by atoms with Crippen molar-refractivity contribution in [3.63, 3.8) is 0 Å². The molecule has 152 valence electrons. The monoisotopic (exact) mass is 374 g/mol. The van der Waals surface area contributed by atoms with Gasteiger partial charge in [0.15, 0.2) is 6.10 Å². The zero-order chi connectivity index (χ0) is 19.9. The van der Waals surface area contributed by atoms with Gasteiger partial charge in [-0.15, -0.1) is 0 Å². The molecular formula is C18H34N2O6. The highest BCUT2D eigenvalue weighted by Crippen LogP contribution is 2.23. The highest BCUT2D eigenvalue weighted by Gasteiger charge is 2.37. The SMILES string of the molecule is CO[C@@H](C(=O)N[C@H]1CCCCNC1=O)[C@H](O)[C@@H](O)[C@H](O)CCC(C)(C)C. The topological polar surface area (TPSA) is 128 Å².